The Bertz CT molecular complexity index is 454. The molecule has 0 saturated heterocycles. The lowest BCUT2D eigenvalue weighted by atomic mass is 10.3. The first-order valence-corrected chi connectivity index (χ1v) is 4.76. The van der Waals surface area contributed by atoms with Gasteiger partial charge in [0.2, 0.25) is 0 Å². The highest BCUT2D eigenvalue weighted by molar-refractivity contribution is 6.30. The molecule has 15 heavy (non-hydrogen) atoms. The molecule has 0 spiro atoms. The third kappa shape index (κ3) is 2.42. The molecule has 3 heteroatoms. The molecule has 0 amide bonds. The van der Waals surface area contributed by atoms with Gasteiger partial charge in [0.25, 0.3) is 0 Å². The van der Waals surface area contributed by atoms with Crippen LogP contribution in [0.2, 0.25) is 5.02 Å². The van der Waals surface area contributed by atoms with E-state index in [9.17, 15) is 5.11 Å². The molecular formula is C12H8ClO2. The summed E-state index contributed by atoms with van der Waals surface area (Å²) in [7, 11) is 0. The topological polar surface area (TPSA) is 29.5 Å². The second-order valence-corrected chi connectivity index (χ2v) is 3.39. The van der Waals surface area contributed by atoms with Gasteiger partial charge in [0.1, 0.15) is 5.75 Å². The first kappa shape index (κ1) is 9.87. The van der Waals surface area contributed by atoms with E-state index < -0.39 is 0 Å². The van der Waals surface area contributed by atoms with Gasteiger partial charge in [-0.05, 0) is 30.3 Å². The summed E-state index contributed by atoms with van der Waals surface area (Å²) in [5.41, 5.74) is 0. The summed E-state index contributed by atoms with van der Waals surface area (Å²) in [6.07, 6.45) is 0. The fourth-order valence-corrected chi connectivity index (χ4v) is 1.31. The lowest BCUT2D eigenvalue weighted by Crippen LogP contribution is -1.83. The van der Waals surface area contributed by atoms with Gasteiger partial charge in [0.05, 0.1) is 0 Å². The van der Waals surface area contributed by atoms with E-state index in [1.54, 1.807) is 30.3 Å². The fraction of sp³-hybridized carbons (Fsp3) is 0. The molecule has 2 aromatic carbocycles. The quantitative estimate of drug-likeness (QED) is 0.836. The minimum atomic E-state index is 0.0198. The Kier molecular flexibility index (Phi) is 2.79. The van der Waals surface area contributed by atoms with Crippen molar-refractivity contribution in [1.29, 1.82) is 0 Å². The SMILES string of the molecule is Oc1cc(Cl)ccc1Oc1c[c]ccc1. The van der Waals surface area contributed by atoms with Crippen LogP contribution in [-0.4, -0.2) is 5.11 Å². The molecule has 0 heterocycles. The maximum absolute atomic E-state index is 9.53. The van der Waals surface area contributed by atoms with Gasteiger partial charge in [-0.3, -0.25) is 0 Å². The van der Waals surface area contributed by atoms with Crippen molar-refractivity contribution < 1.29 is 9.84 Å². The Labute approximate surface area is 92.7 Å². The van der Waals surface area contributed by atoms with Gasteiger partial charge in [0.15, 0.2) is 11.5 Å². The molecule has 2 aromatic rings. The zero-order valence-corrected chi connectivity index (χ0v) is 8.53. The van der Waals surface area contributed by atoms with Crippen LogP contribution in [0, 0.1) is 6.07 Å². The summed E-state index contributed by atoms with van der Waals surface area (Å²) in [6.45, 7) is 0. The predicted octanol–water partition coefficient (Wildman–Crippen LogP) is 3.64. The summed E-state index contributed by atoms with van der Waals surface area (Å²) in [5.74, 6) is 1.01. The number of benzene rings is 2. The molecule has 75 valence electrons. The molecule has 1 N–H and O–H groups in total. The number of rotatable bonds is 2. The van der Waals surface area contributed by atoms with E-state index >= 15 is 0 Å². The molecule has 0 atom stereocenters. The first-order valence-electron chi connectivity index (χ1n) is 4.38. The van der Waals surface area contributed by atoms with Crippen molar-refractivity contribution in [2.75, 3.05) is 0 Å². The second-order valence-electron chi connectivity index (χ2n) is 2.95. The minimum absolute atomic E-state index is 0.0198. The Hall–Kier alpha value is -1.67. The van der Waals surface area contributed by atoms with E-state index in [4.69, 9.17) is 16.3 Å². The average molecular weight is 220 g/mol. The molecule has 0 fully saturated rings. The van der Waals surface area contributed by atoms with Crippen molar-refractivity contribution in [1.82, 2.24) is 0 Å². The molecule has 0 aromatic heterocycles. The van der Waals surface area contributed by atoms with Gasteiger partial charge in [0, 0.05) is 11.1 Å². The standard InChI is InChI=1S/C12H8ClO2/c13-9-6-7-12(11(14)8-9)15-10-4-2-1-3-5-10/h1-2,4-8,14H. The number of halogens is 1. The largest absolute Gasteiger partial charge is 0.504 e. The van der Waals surface area contributed by atoms with Crippen molar-refractivity contribution in [3.63, 3.8) is 0 Å². The summed E-state index contributed by atoms with van der Waals surface area (Å²) in [4.78, 5) is 0. The number of ether oxygens (including phenoxy) is 1. The Morgan fingerprint density at radius 3 is 2.80 bits per heavy atom. The van der Waals surface area contributed by atoms with Crippen LogP contribution >= 0.6 is 11.6 Å². The smallest absolute Gasteiger partial charge is 0.169 e. The van der Waals surface area contributed by atoms with Gasteiger partial charge in [-0.2, -0.15) is 0 Å². The summed E-state index contributed by atoms with van der Waals surface area (Å²) in [6, 6.07) is 14.6. The van der Waals surface area contributed by atoms with Crippen molar-refractivity contribution in [3.8, 4) is 17.2 Å². The van der Waals surface area contributed by atoms with Crippen LogP contribution < -0.4 is 4.74 Å². The molecule has 0 unspecified atom stereocenters. The van der Waals surface area contributed by atoms with Gasteiger partial charge < -0.3 is 9.84 Å². The number of aromatic hydroxyl groups is 1. The average Bonchev–Trinajstić information content (AvgIpc) is 2.24. The monoisotopic (exact) mass is 219 g/mol. The summed E-state index contributed by atoms with van der Waals surface area (Å²) >= 11 is 5.70. The molecule has 0 aliphatic rings. The molecule has 0 aliphatic carbocycles. The van der Waals surface area contributed by atoms with Crippen LogP contribution in [0.4, 0.5) is 0 Å². The van der Waals surface area contributed by atoms with Gasteiger partial charge in [-0.1, -0.05) is 23.7 Å². The third-order valence-corrected chi connectivity index (χ3v) is 2.06. The highest BCUT2D eigenvalue weighted by Crippen LogP contribution is 2.32. The highest BCUT2D eigenvalue weighted by Gasteiger charge is 2.03. The van der Waals surface area contributed by atoms with Gasteiger partial charge in [-0.15, -0.1) is 0 Å². The van der Waals surface area contributed by atoms with Gasteiger partial charge >= 0.3 is 0 Å². The van der Waals surface area contributed by atoms with E-state index in [1.165, 1.54) is 6.07 Å². The number of hydrogen-bond acceptors (Lipinski definition) is 2. The van der Waals surface area contributed by atoms with Gasteiger partial charge in [-0.25, -0.2) is 0 Å². The Balaban J connectivity index is 2.25. The lowest BCUT2D eigenvalue weighted by molar-refractivity contribution is 0.411. The van der Waals surface area contributed by atoms with E-state index in [2.05, 4.69) is 6.07 Å². The number of phenolic OH excluding ortho intramolecular Hbond substituents is 1. The summed E-state index contributed by atoms with van der Waals surface area (Å²) < 4.78 is 5.42. The van der Waals surface area contributed by atoms with E-state index in [-0.39, 0.29) is 5.75 Å². The van der Waals surface area contributed by atoms with Crippen LogP contribution in [0.25, 0.3) is 0 Å². The maximum atomic E-state index is 9.53. The summed E-state index contributed by atoms with van der Waals surface area (Å²) in [5, 5.41) is 10.0. The minimum Gasteiger partial charge on any atom is -0.504 e. The molecular weight excluding hydrogens is 212 g/mol. The third-order valence-electron chi connectivity index (χ3n) is 1.83. The fourth-order valence-electron chi connectivity index (χ4n) is 1.14. The van der Waals surface area contributed by atoms with Crippen molar-refractivity contribution in [2.24, 2.45) is 0 Å². The zero-order valence-electron chi connectivity index (χ0n) is 7.77. The molecule has 2 rings (SSSR count). The van der Waals surface area contributed by atoms with E-state index in [0.29, 0.717) is 16.5 Å². The van der Waals surface area contributed by atoms with E-state index in [0.717, 1.165) is 0 Å². The second kappa shape index (κ2) is 4.24. The number of phenols is 1. The lowest BCUT2D eigenvalue weighted by Gasteiger charge is -2.06. The zero-order chi connectivity index (χ0) is 10.7. The predicted molar refractivity (Wildman–Crippen MR) is 58.5 cm³/mol. The maximum Gasteiger partial charge on any atom is 0.169 e. The van der Waals surface area contributed by atoms with E-state index in [1.807, 2.05) is 6.07 Å². The molecule has 1 radical (unpaired) electrons. The van der Waals surface area contributed by atoms with Crippen LogP contribution in [0.1, 0.15) is 0 Å². The highest BCUT2D eigenvalue weighted by atomic mass is 35.5. The first-order chi connectivity index (χ1) is 7.25. The van der Waals surface area contributed by atoms with Crippen LogP contribution in [0.15, 0.2) is 42.5 Å². The molecule has 0 bridgehead atoms. The van der Waals surface area contributed by atoms with Crippen LogP contribution in [-0.2, 0) is 0 Å². The normalized spacial score (nSPS) is 9.93. The van der Waals surface area contributed by atoms with Crippen molar-refractivity contribution in [3.05, 3.63) is 53.6 Å². The molecule has 2 nitrogen and oxygen atoms in total. The molecule has 0 saturated carbocycles. The molecule has 0 aliphatic heterocycles. The number of hydrogen-bond donors (Lipinski definition) is 1. The van der Waals surface area contributed by atoms with Crippen LogP contribution in [0.5, 0.6) is 17.2 Å². The Morgan fingerprint density at radius 2 is 2.13 bits per heavy atom. The van der Waals surface area contributed by atoms with Crippen molar-refractivity contribution >= 4 is 11.6 Å². The van der Waals surface area contributed by atoms with Crippen molar-refractivity contribution in [2.45, 2.75) is 0 Å². The van der Waals surface area contributed by atoms with Crippen LogP contribution in [0.3, 0.4) is 0 Å². The Morgan fingerprint density at radius 1 is 1.27 bits per heavy atom.